The van der Waals surface area contributed by atoms with Crippen molar-refractivity contribution in [3.8, 4) is 0 Å². The molecule has 2 atom stereocenters. The second-order valence-electron chi connectivity index (χ2n) is 3.37. The first-order valence-electron chi connectivity index (χ1n) is 5.29. The van der Waals surface area contributed by atoms with Crippen LogP contribution >= 0.6 is 0 Å². The van der Waals surface area contributed by atoms with Gasteiger partial charge in [0.05, 0.1) is 0 Å². The third kappa shape index (κ3) is 4.60. The Morgan fingerprint density at radius 1 is 0.923 bits per heavy atom. The van der Waals surface area contributed by atoms with Gasteiger partial charge in [-0.2, -0.15) is 0 Å². The third-order valence-electron chi connectivity index (χ3n) is 2.22. The highest BCUT2D eigenvalue weighted by Crippen LogP contribution is 2.10. The number of aliphatic hydroxyl groups is 2. The highest BCUT2D eigenvalue weighted by Gasteiger charge is 2.19. The Morgan fingerprint density at radius 2 is 1.31 bits per heavy atom. The fraction of sp³-hybridized carbons (Fsp3) is 1.00. The molecule has 0 aromatic heterocycles. The molecule has 0 rings (SSSR count). The highest BCUT2D eigenvalue weighted by atomic mass is 16.3. The summed E-state index contributed by atoms with van der Waals surface area (Å²) in [5.74, 6) is 0. The summed E-state index contributed by atoms with van der Waals surface area (Å²) in [5, 5.41) is 19.3. The van der Waals surface area contributed by atoms with Gasteiger partial charge in [-0.05, 0) is 12.8 Å². The van der Waals surface area contributed by atoms with Crippen LogP contribution in [0.15, 0.2) is 0 Å². The summed E-state index contributed by atoms with van der Waals surface area (Å²) in [7, 11) is 0. The first-order valence-corrected chi connectivity index (χ1v) is 5.29. The zero-order valence-electron chi connectivity index (χ0n) is 9.03. The minimum absolute atomic E-state index is 0.489. The fourth-order valence-corrected chi connectivity index (χ4v) is 1.47. The Hall–Kier alpha value is -0.120. The summed E-state index contributed by atoms with van der Waals surface area (Å²) in [5.41, 5.74) is 0. The summed E-state index contributed by atoms with van der Waals surface area (Å²) in [6, 6.07) is 0. The predicted molar refractivity (Wildman–Crippen MR) is 54.2 cm³/mol. The molecule has 13 heavy (non-hydrogen) atoms. The molecule has 0 heterocycles. The van der Waals surface area contributed by atoms with Crippen LogP contribution in [0.1, 0.15) is 46.5 Å². The van der Waals surface area contributed by atoms with E-state index in [1.165, 1.54) is 0 Å². The average molecular weight is 189 g/mol. The zero-order valence-corrected chi connectivity index (χ0v) is 9.03. The van der Waals surface area contributed by atoms with E-state index in [0.717, 1.165) is 25.7 Å². The molecule has 0 aromatic carbocycles. The quantitative estimate of drug-likeness (QED) is 0.597. The van der Waals surface area contributed by atoms with Gasteiger partial charge in [0, 0.05) is 6.54 Å². The molecule has 2 unspecified atom stereocenters. The van der Waals surface area contributed by atoms with Crippen molar-refractivity contribution >= 4 is 0 Å². The lowest BCUT2D eigenvalue weighted by atomic mass is 10.2. The molecule has 0 aliphatic heterocycles. The molecule has 3 nitrogen and oxygen atoms in total. The summed E-state index contributed by atoms with van der Waals surface area (Å²) in [6.45, 7) is 6.71. The van der Waals surface area contributed by atoms with Gasteiger partial charge < -0.3 is 10.2 Å². The molecule has 0 spiro atoms. The number of hydrogen-bond donors (Lipinski definition) is 2. The average Bonchev–Trinajstić information content (AvgIpc) is 2.06. The smallest absolute Gasteiger partial charge is 0.109 e. The molecule has 0 amide bonds. The number of nitrogens with zero attached hydrogens (tertiary/aromatic N) is 1. The number of hydrogen-bond acceptors (Lipinski definition) is 3. The number of aliphatic hydroxyl groups excluding tert-OH is 2. The van der Waals surface area contributed by atoms with Gasteiger partial charge in [-0.15, -0.1) is 0 Å². The lowest BCUT2D eigenvalue weighted by Gasteiger charge is -2.30. The van der Waals surface area contributed by atoms with Crippen LogP contribution in [0.5, 0.6) is 0 Å². The van der Waals surface area contributed by atoms with Crippen molar-refractivity contribution in [2.24, 2.45) is 0 Å². The second-order valence-corrected chi connectivity index (χ2v) is 3.37. The van der Waals surface area contributed by atoms with E-state index in [9.17, 15) is 10.2 Å². The van der Waals surface area contributed by atoms with E-state index in [1.54, 1.807) is 4.90 Å². The normalized spacial score (nSPS) is 16.2. The molecule has 0 saturated heterocycles. The molecule has 0 radical (unpaired) electrons. The van der Waals surface area contributed by atoms with Crippen molar-refractivity contribution in [3.63, 3.8) is 0 Å². The van der Waals surface area contributed by atoms with Crippen molar-refractivity contribution in [2.45, 2.75) is 58.9 Å². The molecular weight excluding hydrogens is 166 g/mol. The predicted octanol–water partition coefficient (Wildman–Crippen LogP) is 1.55. The Morgan fingerprint density at radius 3 is 1.54 bits per heavy atom. The zero-order chi connectivity index (χ0) is 10.3. The van der Waals surface area contributed by atoms with Crippen LogP contribution in [-0.4, -0.2) is 34.1 Å². The molecule has 0 bridgehead atoms. The van der Waals surface area contributed by atoms with Gasteiger partial charge in [-0.1, -0.05) is 33.6 Å². The maximum atomic E-state index is 9.67. The van der Waals surface area contributed by atoms with Crippen molar-refractivity contribution in [1.29, 1.82) is 0 Å². The molecular formula is C10H23NO2. The lowest BCUT2D eigenvalue weighted by molar-refractivity contribution is -0.104. The molecule has 0 aliphatic carbocycles. The highest BCUT2D eigenvalue weighted by molar-refractivity contribution is 4.63. The van der Waals surface area contributed by atoms with Crippen molar-refractivity contribution < 1.29 is 10.2 Å². The van der Waals surface area contributed by atoms with Crippen LogP contribution in [-0.2, 0) is 0 Å². The molecule has 2 N–H and O–H groups in total. The minimum atomic E-state index is -0.489. The standard InChI is InChI=1S/C10H23NO2/c1-4-7-9(12)11(6-3)10(13)8-5-2/h9-10,12-13H,4-8H2,1-3H3. The molecule has 0 aromatic rings. The monoisotopic (exact) mass is 189 g/mol. The van der Waals surface area contributed by atoms with Gasteiger partial charge >= 0.3 is 0 Å². The van der Waals surface area contributed by atoms with E-state index in [4.69, 9.17) is 0 Å². The van der Waals surface area contributed by atoms with E-state index in [1.807, 2.05) is 20.8 Å². The van der Waals surface area contributed by atoms with Crippen LogP contribution < -0.4 is 0 Å². The molecule has 0 aliphatic rings. The second kappa shape index (κ2) is 7.30. The van der Waals surface area contributed by atoms with Gasteiger partial charge in [0.25, 0.3) is 0 Å². The van der Waals surface area contributed by atoms with Crippen LogP contribution in [0.2, 0.25) is 0 Å². The van der Waals surface area contributed by atoms with Crippen molar-refractivity contribution in [1.82, 2.24) is 4.90 Å². The Balaban J connectivity index is 3.98. The van der Waals surface area contributed by atoms with Crippen LogP contribution in [0, 0.1) is 0 Å². The van der Waals surface area contributed by atoms with E-state index in [2.05, 4.69) is 0 Å². The minimum Gasteiger partial charge on any atom is -0.378 e. The van der Waals surface area contributed by atoms with E-state index in [0.29, 0.717) is 6.54 Å². The summed E-state index contributed by atoms with van der Waals surface area (Å²) >= 11 is 0. The van der Waals surface area contributed by atoms with E-state index >= 15 is 0 Å². The molecule has 0 saturated carbocycles. The van der Waals surface area contributed by atoms with Crippen molar-refractivity contribution in [2.75, 3.05) is 6.54 Å². The maximum absolute atomic E-state index is 9.67. The Bertz CT molecular complexity index is 107. The van der Waals surface area contributed by atoms with Gasteiger partial charge in [0.1, 0.15) is 12.5 Å². The first kappa shape index (κ1) is 12.9. The summed E-state index contributed by atoms with van der Waals surface area (Å²) in [6.07, 6.45) is 2.36. The Kier molecular flexibility index (Phi) is 7.23. The van der Waals surface area contributed by atoms with Gasteiger partial charge in [0.15, 0.2) is 0 Å². The molecule has 3 heteroatoms. The number of rotatable bonds is 7. The van der Waals surface area contributed by atoms with Gasteiger partial charge in [0.2, 0.25) is 0 Å². The van der Waals surface area contributed by atoms with E-state index < -0.39 is 12.5 Å². The topological polar surface area (TPSA) is 43.7 Å². The largest absolute Gasteiger partial charge is 0.378 e. The maximum Gasteiger partial charge on any atom is 0.109 e. The summed E-state index contributed by atoms with van der Waals surface area (Å²) in [4.78, 5) is 1.74. The molecule has 0 fully saturated rings. The van der Waals surface area contributed by atoms with E-state index in [-0.39, 0.29) is 0 Å². The SMILES string of the molecule is CCCC(O)N(CC)C(O)CCC. The summed E-state index contributed by atoms with van der Waals surface area (Å²) < 4.78 is 0. The Labute approximate surface area is 81.4 Å². The fourth-order valence-electron chi connectivity index (χ4n) is 1.47. The van der Waals surface area contributed by atoms with Gasteiger partial charge in [-0.3, -0.25) is 4.90 Å². The van der Waals surface area contributed by atoms with Gasteiger partial charge in [-0.25, -0.2) is 0 Å². The van der Waals surface area contributed by atoms with Crippen LogP contribution in [0.25, 0.3) is 0 Å². The third-order valence-corrected chi connectivity index (χ3v) is 2.22. The first-order chi connectivity index (χ1) is 6.17. The van der Waals surface area contributed by atoms with Crippen LogP contribution in [0.3, 0.4) is 0 Å². The lowest BCUT2D eigenvalue weighted by Crippen LogP contribution is -2.43. The molecule has 80 valence electrons. The van der Waals surface area contributed by atoms with Crippen molar-refractivity contribution in [3.05, 3.63) is 0 Å². The van der Waals surface area contributed by atoms with Crippen LogP contribution in [0.4, 0.5) is 0 Å².